The average Bonchev–Trinajstić information content (AvgIpc) is 2.56. The molecule has 0 aliphatic heterocycles. The predicted octanol–water partition coefficient (Wildman–Crippen LogP) is 3.86. The van der Waals surface area contributed by atoms with Gasteiger partial charge in [0.15, 0.2) is 11.9 Å². The number of halogens is 1. The maximum atomic E-state index is 12.2. The molecule has 0 bridgehead atoms. The molecule has 130 valence electrons. The number of carbonyl (C=O) groups is 2. The van der Waals surface area contributed by atoms with Crippen molar-refractivity contribution >= 4 is 34.7 Å². The summed E-state index contributed by atoms with van der Waals surface area (Å²) in [6, 6.07) is 10.2. The molecule has 0 aliphatic rings. The number of nitro groups is 1. The molecule has 1 amide bonds. The van der Waals surface area contributed by atoms with Crippen molar-refractivity contribution in [1.29, 1.82) is 0 Å². The van der Waals surface area contributed by atoms with Crippen molar-refractivity contribution < 1.29 is 19.2 Å². The number of hydrogen-bond donors (Lipinski definition) is 1. The lowest BCUT2D eigenvalue weighted by molar-refractivity contribution is -0.384. The summed E-state index contributed by atoms with van der Waals surface area (Å²) in [5.74, 6) is -0.325. The van der Waals surface area contributed by atoms with Gasteiger partial charge in [0.25, 0.3) is 11.6 Å². The summed E-state index contributed by atoms with van der Waals surface area (Å²) < 4.78 is 5.46. The van der Waals surface area contributed by atoms with Crippen molar-refractivity contribution in [2.75, 3.05) is 5.32 Å². The first-order chi connectivity index (χ1) is 11.8. The number of rotatable bonds is 6. The van der Waals surface area contributed by atoms with Crippen LogP contribution in [0.25, 0.3) is 0 Å². The molecule has 2 aromatic rings. The molecule has 1 atom stereocenters. The Balaban J connectivity index is 2.02. The fourth-order valence-electron chi connectivity index (χ4n) is 1.98. The van der Waals surface area contributed by atoms with E-state index in [0.717, 1.165) is 6.07 Å². The molecule has 0 saturated heterocycles. The van der Waals surface area contributed by atoms with Gasteiger partial charge < -0.3 is 10.1 Å². The van der Waals surface area contributed by atoms with E-state index in [1.165, 1.54) is 26.0 Å². The summed E-state index contributed by atoms with van der Waals surface area (Å²) >= 11 is 5.94. The molecule has 1 unspecified atom stereocenters. The van der Waals surface area contributed by atoms with Crippen molar-refractivity contribution in [3.8, 4) is 5.75 Å². The second-order valence-corrected chi connectivity index (χ2v) is 5.66. The Morgan fingerprint density at radius 2 is 1.84 bits per heavy atom. The van der Waals surface area contributed by atoms with Gasteiger partial charge in [0.1, 0.15) is 5.75 Å². The Bertz CT molecular complexity index is 820. The highest BCUT2D eigenvalue weighted by Gasteiger charge is 2.18. The van der Waals surface area contributed by atoms with Gasteiger partial charge in [-0.05, 0) is 44.2 Å². The molecule has 25 heavy (non-hydrogen) atoms. The van der Waals surface area contributed by atoms with Crippen molar-refractivity contribution in [1.82, 2.24) is 0 Å². The molecule has 0 radical (unpaired) electrons. The molecule has 0 saturated carbocycles. The molecule has 2 rings (SSSR count). The van der Waals surface area contributed by atoms with Gasteiger partial charge in [-0.15, -0.1) is 0 Å². The number of Topliss-reactive ketones (excluding diaryl/α,β-unsaturated/α-hetero) is 1. The summed E-state index contributed by atoms with van der Waals surface area (Å²) in [5.41, 5.74) is 0.889. The Labute approximate surface area is 148 Å². The molecule has 0 fully saturated rings. The Morgan fingerprint density at radius 3 is 2.36 bits per heavy atom. The zero-order valence-corrected chi connectivity index (χ0v) is 14.2. The molecular formula is C17H15ClN2O5. The molecule has 8 heteroatoms. The molecule has 0 aromatic heterocycles. The van der Waals surface area contributed by atoms with Crippen LogP contribution < -0.4 is 10.1 Å². The standard InChI is InChI=1S/C17H15ClN2O5/c1-10(21)12-3-5-13(6-4-12)19-17(22)11(2)25-16-8-7-14(20(23)24)9-15(16)18/h3-9,11H,1-2H3,(H,19,22). The highest BCUT2D eigenvalue weighted by molar-refractivity contribution is 6.32. The van der Waals surface area contributed by atoms with Crippen LogP contribution in [0.2, 0.25) is 5.02 Å². The number of ether oxygens (including phenoxy) is 1. The fourth-order valence-corrected chi connectivity index (χ4v) is 2.19. The van der Waals surface area contributed by atoms with Crippen LogP contribution in [0.3, 0.4) is 0 Å². The molecule has 7 nitrogen and oxygen atoms in total. The predicted molar refractivity (Wildman–Crippen MR) is 93.3 cm³/mol. The van der Waals surface area contributed by atoms with Crippen LogP contribution in [0.1, 0.15) is 24.2 Å². The minimum atomic E-state index is -0.883. The Kier molecular flexibility index (Phi) is 5.71. The Morgan fingerprint density at radius 1 is 1.20 bits per heavy atom. The molecule has 0 heterocycles. The number of carbonyl (C=O) groups excluding carboxylic acids is 2. The van der Waals surface area contributed by atoms with Crippen LogP contribution in [0.15, 0.2) is 42.5 Å². The molecule has 1 N–H and O–H groups in total. The normalized spacial score (nSPS) is 11.5. The highest BCUT2D eigenvalue weighted by Crippen LogP contribution is 2.29. The first-order valence-electron chi connectivity index (χ1n) is 7.30. The smallest absolute Gasteiger partial charge is 0.271 e. The number of ketones is 1. The van der Waals surface area contributed by atoms with Gasteiger partial charge in [0, 0.05) is 23.4 Å². The van der Waals surface area contributed by atoms with Gasteiger partial charge in [-0.25, -0.2) is 0 Å². The second-order valence-electron chi connectivity index (χ2n) is 5.25. The number of benzene rings is 2. The monoisotopic (exact) mass is 362 g/mol. The van der Waals surface area contributed by atoms with Crippen molar-refractivity contribution in [3.63, 3.8) is 0 Å². The lowest BCUT2D eigenvalue weighted by atomic mass is 10.1. The zero-order chi connectivity index (χ0) is 18.6. The molecular weight excluding hydrogens is 348 g/mol. The topological polar surface area (TPSA) is 98.5 Å². The molecule has 0 spiro atoms. The number of amides is 1. The number of hydrogen-bond acceptors (Lipinski definition) is 5. The number of nitrogens with zero attached hydrogens (tertiary/aromatic N) is 1. The minimum absolute atomic E-state index is 0.0414. The lowest BCUT2D eigenvalue weighted by Crippen LogP contribution is -2.30. The first kappa shape index (κ1) is 18.4. The van der Waals surface area contributed by atoms with Gasteiger partial charge in [-0.2, -0.15) is 0 Å². The number of non-ortho nitro benzene ring substituents is 1. The Hall–Kier alpha value is -2.93. The van der Waals surface area contributed by atoms with Crippen LogP contribution >= 0.6 is 11.6 Å². The summed E-state index contributed by atoms with van der Waals surface area (Å²) in [6.45, 7) is 2.98. The molecule has 0 aliphatic carbocycles. The number of nitrogens with one attached hydrogen (secondary N) is 1. The summed E-state index contributed by atoms with van der Waals surface area (Å²) in [6.07, 6.45) is -0.883. The number of nitro benzene ring substituents is 1. The second kappa shape index (κ2) is 7.76. The van der Waals surface area contributed by atoms with E-state index in [2.05, 4.69) is 5.32 Å². The van der Waals surface area contributed by atoms with Crippen LogP contribution in [0.4, 0.5) is 11.4 Å². The van der Waals surface area contributed by atoms with Gasteiger partial charge in [-0.3, -0.25) is 19.7 Å². The SMILES string of the molecule is CC(=O)c1ccc(NC(=O)C(C)Oc2ccc([N+](=O)[O-])cc2Cl)cc1. The average molecular weight is 363 g/mol. The lowest BCUT2D eigenvalue weighted by Gasteiger charge is -2.15. The zero-order valence-electron chi connectivity index (χ0n) is 13.5. The summed E-state index contributed by atoms with van der Waals surface area (Å²) in [5, 5.41) is 13.4. The van der Waals surface area contributed by atoms with Crippen LogP contribution in [-0.2, 0) is 4.79 Å². The largest absolute Gasteiger partial charge is 0.479 e. The highest BCUT2D eigenvalue weighted by atomic mass is 35.5. The van der Waals surface area contributed by atoms with Gasteiger partial charge in [-0.1, -0.05) is 11.6 Å². The maximum Gasteiger partial charge on any atom is 0.271 e. The van der Waals surface area contributed by atoms with Crippen LogP contribution in [0, 0.1) is 10.1 Å². The summed E-state index contributed by atoms with van der Waals surface area (Å²) in [7, 11) is 0. The van der Waals surface area contributed by atoms with Gasteiger partial charge >= 0.3 is 0 Å². The van der Waals surface area contributed by atoms with E-state index in [4.69, 9.17) is 16.3 Å². The van der Waals surface area contributed by atoms with E-state index in [0.29, 0.717) is 11.3 Å². The number of anilines is 1. The van der Waals surface area contributed by atoms with E-state index in [1.54, 1.807) is 24.3 Å². The maximum absolute atomic E-state index is 12.2. The quantitative estimate of drug-likeness (QED) is 0.478. The van der Waals surface area contributed by atoms with E-state index in [9.17, 15) is 19.7 Å². The van der Waals surface area contributed by atoms with E-state index in [1.807, 2.05) is 0 Å². The fraction of sp³-hybridized carbons (Fsp3) is 0.176. The van der Waals surface area contributed by atoms with Crippen molar-refractivity contribution in [2.24, 2.45) is 0 Å². The summed E-state index contributed by atoms with van der Waals surface area (Å²) in [4.78, 5) is 33.5. The van der Waals surface area contributed by atoms with E-state index < -0.39 is 16.9 Å². The van der Waals surface area contributed by atoms with Crippen LogP contribution in [-0.4, -0.2) is 22.7 Å². The van der Waals surface area contributed by atoms with Gasteiger partial charge in [0.2, 0.25) is 0 Å². The van der Waals surface area contributed by atoms with E-state index in [-0.39, 0.29) is 22.2 Å². The van der Waals surface area contributed by atoms with Gasteiger partial charge in [0.05, 0.1) is 9.95 Å². The van der Waals surface area contributed by atoms with Crippen molar-refractivity contribution in [3.05, 3.63) is 63.2 Å². The first-order valence-corrected chi connectivity index (χ1v) is 7.68. The third-order valence-electron chi connectivity index (χ3n) is 3.36. The van der Waals surface area contributed by atoms with Crippen molar-refractivity contribution in [2.45, 2.75) is 20.0 Å². The third kappa shape index (κ3) is 4.77. The third-order valence-corrected chi connectivity index (χ3v) is 3.65. The minimum Gasteiger partial charge on any atom is -0.479 e. The van der Waals surface area contributed by atoms with E-state index >= 15 is 0 Å². The van der Waals surface area contributed by atoms with Crippen LogP contribution in [0.5, 0.6) is 5.75 Å². The molecule has 2 aromatic carbocycles.